The van der Waals surface area contributed by atoms with E-state index in [0.29, 0.717) is 32.6 Å². The molecule has 2 heterocycles. The Balaban J connectivity index is 1.92. The molecule has 22 heavy (non-hydrogen) atoms. The molecular formula is C16H27N3O3. The Kier molecular flexibility index (Phi) is 4.92. The molecule has 3 N–H and O–H groups in total. The zero-order valence-electron chi connectivity index (χ0n) is 14.0. The average molecular weight is 309 g/mol. The molecule has 1 saturated heterocycles. The van der Waals surface area contributed by atoms with E-state index in [0.717, 1.165) is 23.4 Å². The first-order valence-electron chi connectivity index (χ1n) is 7.82. The minimum absolute atomic E-state index is 0.0546. The number of carbonyl (C=O) groups is 1. The predicted octanol–water partition coefficient (Wildman–Crippen LogP) is 1.25. The van der Waals surface area contributed by atoms with Crippen molar-refractivity contribution in [3.8, 4) is 0 Å². The molecule has 124 valence electrons. The van der Waals surface area contributed by atoms with Crippen molar-refractivity contribution >= 4 is 5.91 Å². The fraction of sp³-hybridized carbons (Fsp3) is 0.750. The lowest BCUT2D eigenvalue weighted by Crippen LogP contribution is -2.55. The second kappa shape index (κ2) is 6.38. The van der Waals surface area contributed by atoms with Crippen molar-refractivity contribution in [2.24, 2.45) is 5.41 Å². The van der Waals surface area contributed by atoms with Gasteiger partial charge in [-0.2, -0.15) is 5.10 Å². The minimum Gasteiger partial charge on any atom is -0.387 e. The summed E-state index contributed by atoms with van der Waals surface area (Å²) in [4.78, 5) is 12.2. The van der Waals surface area contributed by atoms with Crippen LogP contribution in [0.15, 0.2) is 0 Å². The Morgan fingerprint density at radius 2 is 2.23 bits per heavy atom. The standard InChI is InChI=1S/C16H27N3O3/c1-11-13(12(2)19-18-11)8-14(20)17-9-15(3,4)16(21)6-5-7-22-10-16/h21H,5-10H2,1-4H3,(H,17,20)(H,18,19). The van der Waals surface area contributed by atoms with E-state index < -0.39 is 11.0 Å². The maximum atomic E-state index is 12.2. The number of H-pyrrole nitrogens is 1. The highest BCUT2D eigenvalue weighted by molar-refractivity contribution is 5.79. The largest absolute Gasteiger partial charge is 0.387 e. The Morgan fingerprint density at radius 3 is 2.77 bits per heavy atom. The fourth-order valence-electron chi connectivity index (χ4n) is 2.86. The number of aromatic amines is 1. The quantitative estimate of drug-likeness (QED) is 0.764. The number of hydrogen-bond acceptors (Lipinski definition) is 4. The summed E-state index contributed by atoms with van der Waals surface area (Å²) in [5, 5.41) is 20.7. The summed E-state index contributed by atoms with van der Waals surface area (Å²) in [6.07, 6.45) is 1.86. The molecule has 1 fully saturated rings. The van der Waals surface area contributed by atoms with Gasteiger partial charge in [0.15, 0.2) is 0 Å². The van der Waals surface area contributed by atoms with Crippen LogP contribution in [0.2, 0.25) is 0 Å². The Hall–Kier alpha value is -1.40. The fourth-order valence-corrected chi connectivity index (χ4v) is 2.86. The normalized spacial score (nSPS) is 22.6. The smallest absolute Gasteiger partial charge is 0.224 e. The first-order valence-corrected chi connectivity index (χ1v) is 7.82. The van der Waals surface area contributed by atoms with Gasteiger partial charge in [-0.05, 0) is 26.7 Å². The van der Waals surface area contributed by atoms with Crippen LogP contribution in [-0.4, -0.2) is 46.6 Å². The van der Waals surface area contributed by atoms with Crippen LogP contribution in [0, 0.1) is 19.3 Å². The topological polar surface area (TPSA) is 87.2 Å². The van der Waals surface area contributed by atoms with Crippen LogP contribution in [0.1, 0.15) is 43.6 Å². The number of rotatable bonds is 5. The van der Waals surface area contributed by atoms with Gasteiger partial charge in [0.25, 0.3) is 0 Å². The van der Waals surface area contributed by atoms with Crippen LogP contribution in [0.3, 0.4) is 0 Å². The molecule has 0 radical (unpaired) electrons. The highest BCUT2D eigenvalue weighted by Gasteiger charge is 2.44. The lowest BCUT2D eigenvalue weighted by molar-refractivity contribution is -0.151. The highest BCUT2D eigenvalue weighted by Crippen LogP contribution is 2.36. The van der Waals surface area contributed by atoms with Crippen LogP contribution < -0.4 is 5.32 Å². The van der Waals surface area contributed by atoms with Gasteiger partial charge in [-0.15, -0.1) is 0 Å². The van der Waals surface area contributed by atoms with Gasteiger partial charge in [0, 0.05) is 29.8 Å². The first-order chi connectivity index (χ1) is 10.3. The summed E-state index contributed by atoms with van der Waals surface area (Å²) in [5.74, 6) is -0.0546. The molecule has 1 aromatic heterocycles. The van der Waals surface area contributed by atoms with E-state index in [2.05, 4.69) is 15.5 Å². The molecule has 1 aliphatic heterocycles. The van der Waals surface area contributed by atoms with E-state index in [1.165, 1.54) is 0 Å². The van der Waals surface area contributed by atoms with Crippen LogP contribution >= 0.6 is 0 Å². The van der Waals surface area contributed by atoms with Gasteiger partial charge in [-0.3, -0.25) is 9.89 Å². The van der Waals surface area contributed by atoms with E-state index in [4.69, 9.17) is 4.74 Å². The molecule has 0 saturated carbocycles. The van der Waals surface area contributed by atoms with Crippen LogP contribution in [0.5, 0.6) is 0 Å². The molecule has 1 atom stereocenters. The zero-order chi connectivity index (χ0) is 16.4. The van der Waals surface area contributed by atoms with Gasteiger partial charge in [0.1, 0.15) is 0 Å². The minimum atomic E-state index is -0.889. The number of amides is 1. The Morgan fingerprint density at radius 1 is 1.50 bits per heavy atom. The van der Waals surface area contributed by atoms with E-state index in [9.17, 15) is 9.90 Å². The second-order valence-electron chi connectivity index (χ2n) is 6.94. The molecule has 6 nitrogen and oxygen atoms in total. The molecule has 0 bridgehead atoms. The third-order valence-corrected chi connectivity index (χ3v) is 4.83. The summed E-state index contributed by atoms with van der Waals surface area (Å²) in [6, 6.07) is 0. The first kappa shape index (κ1) is 17.0. The second-order valence-corrected chi connectivity index (χ2v) is 6.94. The van der Waals surface area contributed by atoms with Crippen molar-refractivity contribution < 1.29 is 14.6 Å². The number of aliphatic hydroxyl groups is 1. The summed E-state index contributed by atoms with van der Waals surface area (Å²) in [6.45, 7) is 9.18. The molecular weight excluding hydrogens is 282 g/mol. The van der Waals surface area contributed by atoms with E-state index in [-0.39, 0.29) is 5.91 Å². The molecule has 1 aliphatic rings. The monoisotopic (exact) mass is 309 g/mol. The van der Waals surface area contributed by atoms with Crippen LogP contribution in [0.4, 0.5) is 0 Å². The molecule has 0 aliphatic carbocycles. The zero-order valence-corrected chi connectivity index (χ0v) is 14.0. The number of nitrogens with one attached hydrogen (secondary N) is 2. The molecule has 1 aromatic rings. The summed E-state index contributed by atoms with van der Waals surface area (Å²) in [7, 11) is 0. The van der Waals surface area contributed by atoms with Gasteiger partial charge in [-0.25, -0.2) is 0 Å². The van der Waals surface area contributed by atoms with Gasteiger partial charge < -0.3 is 15.2 Å². The van der Waals surface area contributed by atoms with Gasteiger partial charge in [0.05, 0.1) is 24.3 Å². The molecule has 1 unspecified atom stereocenters. The summed E-state index contributed by atoms with van der Waals surface area (Å²) < 4.78 is 5.42. The van der Waals surface area contributed by atoms with Crippen LogP contribution in [0.25, 0.3) is 0 Å². The molecule has 2 rings (SSSR count). The van der Waals surface area contributed by atoms with Crippen molar-refractivity contribution in [3.63, 3.8) is 0 Å². The van der Waals surface area contributed by atoms with Gasteiger partial charge in [0.2, 0.25) is 5.91 Å². The number of ether oxygens (including phenoxy) is 1. The number of aromatic nitrogens is 2. The SMILES string of the molecule is Cc1n[nH]c(C)c1CC(=O)NCC(C)(C)C1(O)CCCOC1. The van der Waals surface area contributed by atoms with Gasteiger partial charge >= 0.3 is 0 Å². The number of nitrogens with zero attached hydrogens (tertiary/aromatic N) is 1. The lowest BCUT2D eigenvalue weighted by atomic mass is 9.72. The Labute approximate surface area is 131 Å². The van der Waals surface area contributed by atoms with E-state index >= 15 is 0 Å². The van der Waals surface area contributed by atoms with Crippen molar-refractivity contribution in [1.82, 2.24) is 15.5 Å². The third kappa shape index (κ3) is 3.50. The number of aryl methyl sites for hydroxylation is 2. The lowest BCUT2D eigenvalue weighted by Gasteiger charge is -2.44. The van der Waals surface area contributed by atoms with Crippen molar-refractivity contribution in [2.75, 3.05) is 19.8 Å². The molecule has 0 spiro atoms. The van der Waals surface area contributed by atoms with E-state index in [1.807, 2.05) is 27.7 Å². The Bertz CT molecular complexity index is 511. The number of hydrogen-bond donors (Lipinski definition) is 3. The maximum Gasteiger partial charge on any atom is 0.224 e. The summed E-state index contributed by atoms with van der Waals surface area (Å²) >= 11 is 0. The van der Waals surface area contributed by atoms with Crippen LogP contribution in [-0.2, 0) is 16.0 Å². The van der Waals surface area contributed by atoms with E-state index in [1.54, 1.807) is 0 Å². The van der Waals surface area contributed by atoms with Crippen molar-refractivity contribution in [1.29, 1.82) is 0 Å². The number of carbonyl (C=O) groups excluding carboxylic acids is 1. The predicted molar refractivity (Wildman–Crippen MR) is 83.6 cm³/mol. The average Bonchev–Trinajstić information content (AvgIpc) is 2.78. The maximum absolute atomic E-state index is 12.2. The molecule has 6 heteroatoms. The third-order valence-electron chi connectivity index (χ3n) is 4.83. The molecule has 1 amide bonds. The van der Waals surface area contributed by atoms with Gasteiger partial charge in [-0.1, -0.05) is 13.8 Å². The molecule has 0 aromatic carbocycles. The summed E-state index contributed by atoms with van der Waals surface area (Å²) in [5.41, 5.74) is 1.39. The van der Waals surface area contributed by atoms with Crippen molar-refractivity contribution in [3.05, 3.63) is 17.0 Å². The van der Waals surface area contributed by atoms with Crippen molar-refractivity contribution in [2.45, 2.75) is 52.6 Å². The highest BCUT2D eigenvalue weighted by atomic mass is 16.5.